The van der Waals surface area contributed by atoms with E-state index >= 15 is 0 Å². The van der Waals surface area contributed by atoms with Crippen molar-refractivity contribution in [2.45, 2.75) is 33.0 Å². The van der Waals surface area contributed by atoms with Crippen molar-refractivity contribution in [1.82, 2.24) is 0 Å². The largest absolute Gasteiger partial charge is 0.481 e. The fourth-order valence-electron chi connectivity index (χ4n) is 1.54. The summed E-state index contributed by atoms with van der Waals surface area (Å²) in [6, 6.07) is 2.90. The number of alkyl halides is 3. The van der Waals surface area contributed by atoms with Gasteiger partial charge in [-0.2, -0.15) is 13.2 Å². The SMILES string of the molecule is Cc1ccc(C(F)(F)F)cc1NC(C)C(C)C(=O)O. The van der Waals surface area contributed by atoms with Crippen molar-refractivity contribution in [2.75, 3.05) is 5.32 Å². The van der Waals surface area contributed by atoms with E-state index in [1.165, 1.54) is 13.0 Å². The first-order valence-corrected chi connectivity index (χ1v) is 5.80. The number of hydrogen-bond acceptors (Lipinski definition) is 2. The Morgan fingerprint density at radius 2 is 1.89 bits per heavy atom. The molecule has 0 bridgehead atoms. The zero-order chi connectivity index (χ0) is 14.8. The maximum absolute atomic E-state index is 12.6. The van der Waals surface area contributed by atoms with Crippen LogP contribution in [0.5, 0.6) is 0 Å². The average molecular weight is 275 g/mol. The number of carbonyl (C=O) groups is 1. The predicted molar refractivity (Wildman–Crippen MR) is 66.1 cm³/mol. The Hall–Kier alpha value is -1.72. The van der Waals surface area contributed by atoms with Crippen molar-refractivity contribution in [3.63, 3.8) is 0 Å². The molecule has 0 fully saturated rings. The quantitative estimate of drug-likeness (QED) is 0.883. The smallest absolute Gasteiger partial charge is 0.416 e. The molecule has 0 aliphatic carbocycles. The minimum absolute atomic E-state index is 0.301. The molecule has 2 atom stereocenters. The molecule has 0 aromatic heterocycles. The molecule has 2 N–H and O–H groups in total. The molecule has 0 spiro atoms. The highest BCUT2D eigenvalue weighted by atomic mass is 19.4. The van der Waals surface area contributed by atoms with Gasteiger partial charge in [-0.1, -0.05) is 6.07 Å². The number of carboxylic acid groups (broad SMARTS) is 1. The molecular weight excluding hydrogens is 259 g/mol. The number of carboxylic acids is 1. The van der Waals surface area contributed by atoms with Crippen LogP contribution in [-0.4, -0.2) is 17.1 Å². The predicted octanol–water partition coefficient (Wildman–Crippen LogP) is 3.53. The van der Waals surface area contributed by atoms with Crippen LogP contribution in [0.4, 0.5) is 18.9 Å². The molecule has 3 nitrogen and oxygen atoms in total. The topological polar surface area (TPSA) is 49.3 Å². The number of anilines is 1. The Kier molecular flexibility index (Phi) is 4.44. The van der Waals surface area contributed by atoms with Crippen molar-refractivity contribution < 1.29 is 23.1 Å². The molecule has 0 aliphatic rings. The van der Waals surface area contributed by atoms with Crippen LogP contribution in [0, 0.1) is 12.8 Å². The molecular formula is C13H16F3NO2. The standard InChI is InChI=1S/C13H16F3NO2/c1-7-4-5-10(13(14,15)16)6-11(7)17-9(3)8(2)12(18)19/h4-6,8-9,17H,1-3H3,(H,18,19). The Labute approximate surface area is 109 Å². The lowest BCUT2D eigenvalue weighted by atomic mass is 10.0. The van der Waals surface area contributed by atoms with Crippen molar-refractivity contribution in [2.24, 2.45) is 5.92 Å². The summed E-state index contributed by atoms with van der Waals surface area (Å²) in [5.41, 5.74) is 0.184. The van der Waals surface area contributed by atoms with Crippen molar-refractivity contribution in [3.8, 4) is 0 Å². The van der Waals surface area contributed by atoms with E-state index in [-0.39, 0.29) is 0 Å². The molecule has 0 saturated carbocycles. The summed E-state index contributed by atoms with van der Waals surface area (Å²) in [5.74, 6) is -1.70. The van der Waals surface area contributed by atoms with E-state index in [1.807, 2.05) is 0 Å². The third kappa shape index (κ3) is 3.87. The summed E-state index contributed by atoms with van der Waals surface area (Å²) in [6.07, 6.45) is -4.41. The lowest BCUT2D eigenvalue weighted by molar-refractivity contribution is -0.141. The van der Waals surface area contributed by atoms with E-state index in [9.17, 15) is 18.0 Å². The van der Waals surface area contributed by atoms with Crippen LogP contribution in [0.1, 0.15) is 25.0 Å². The molecule has 0 radical (unpaired) electrons. The number of aryl methyl sites for hydroxylation is 1. The summed E-state index contributed by atoms with van der Waals surface area (Å²) in [6.45, 7) is 4.79. The minimum Gasteiger partial charge on any atom is -0.481 e. The number of aliphatic carboxylic acids is 1. The van der Waals surface area contributed by atoms with Gasteiger partial charge in [0.05, 0.1) is 11.5 Å². The van der Waals surface area contributed by atoms with E-state index in [4.69, 9.17) is 5.11 Å². The first-order chi connectivity index (χ1) is 8.62. The van der Waals surface area contributed by atoms with Gasteiger partial charge in [-0.15, -0.1) is 0 Å². The molecule has 1 aromatic carbocycles. The Morgan fingerprint density at radius 3 is 2.37 bits per heavy atom. The normalized spacial score (nSPS) is 14.8. The Balaban J connectivity index is 2.98. The van der Waals surface area contributed by atoms with Gasteiger partial charge >= 0.3 is 12.1 Å². The monoisotopic (exact) mass is 275 g/mol. The van der Waals surface area contributed by atoms with Gasteiger partial charge in [-0.3, -0.25) is 4.79 Å². The third-order valence-corrected chi connectivity index (χ3v) is 3.09. The lowest BCUT2D eigenvalue weighted by Gasteiger charge is -2.21. The highest BCUT2D eigenvalue weighted by Crippen LogP contribution is 2.32. The number of halogens is 3. The number of nitrogens with one attached hydrogen (secondary N) is 1. The average Bonchev–Trinajstić information content (AvgIpc) is 2.29. The molecule has 0 saturated heterocycles. The highest BCUT2D eigenvalue weighted by Gasteiger charge is 2.31. The molecule has 2 unspecified atom stereocenters. The minimum atomic E-state index is -4.41. The van der Waals surface area contributed by atoms with Crippen LogP contribution >= 0.6 is 0 Å². The number of benzene rings is 1. The second-order valence-corrected chi connectivity index (χ2v) is 4.59. The summed E-state index contributed by atoms with van der Waals surface area (Å²) < 4.78 is 37.8. The first kappa shape index (κ1) is 15.3. The van der Waals surface area contributed by atoms with Gasteiger partial charge in [0.15, 0.2) is 0 Å². The first-order valence-electron chi connectivity index (χ1n) is 5.80. The molecule has 1 aromatic rings. The fourth-order valence-corrected chi connectivity index (χ4v) is 1.54. The van der Waals surface area contributed by atoms with Crippen LogP contribution in [0.15, 0.2) is 18.2 Å². The second-order valence-electron chi connectivity index (χ2n) is 4.59. The van der Waals surface area contributed by atoms with E-state index in [0.29, 0.717) is 11.3 Å². The van der Waals surface area contributed by atoms with Gasteiger partial charge < -0.3 is 10.4 Å². The molecule has 1 rings (SSSR count). The second kappa shape index (κ2) is 5.50. The number of hydrogen-bond donors (Lipinski definition) is 2. The van der Waals surface area contributed by atoms with E-state index < -0.39 is 29.7 Å². The van der Waals surface area contributed by atoms with Crippen molar-refractivity contribution in [1.29, 1.82) is 0 Å². The fraction of sp³-hybridized carbons (Fsp3) is 0.462. The molecule has 0 amide bonds. The van der Waals surface area contributed by atoms with Gasteiger partial charge in [-0.05, 0) is 38.5 Å². The van der Waals surface area contributed by atoms with Crippen LogP contribution in [0.2, 0.25) is 0 Å². The Morgan fingerprint density at radius 1 is 1.32 bits per heavy atom. The van der Waals surface area contributed by atoms with Gasteiger partial charge in [0, 0.05) is 11.7 Å². The van der Waals surface area contributed by atoms with E-state index in [0.717, 1.165) is 12.1 Å². The Bertz CT molecular complexity index is 471. The molecule has 0 aliphatic heterocycles. The summed E-state index contributed by atoms with van der Waals surface area (Å²) in [7, 11) is 0. The summed E-state index contributed by atoms with van der Waals surface area (Å²) in [5, 5.41) is 11.7. The zero-order valence-corrected chi connectivity index (χ0v) is 10.9. The lowest BCUT2D eigenvalue weighted by Crippen LogP contribution is -2.30. The van der Waals surface area contributed by atoms with Gasteiger partial charge in [0.2, 0.25) is 0 Å². The maximum Gasteiger partial charge on any atom is 0.416 e. The van der Waals surface area contributed by atoms with Gasteiger partial charge in [-0.25, -0.2) is 0 Å². The van der Waals surface area contributed by atoms with Crippen LogP contribution < -0.4 is 5.32 Å². The van der Waals surface area contributed by atoms with Crippen LogP contribution in [-0.2, 0) is 11.0 Å². The molecule has 19 heavy (non-hydrogen) atoms. The number of rotatable bonds is 4. The van der Waals surface area contributed by atoms with Crippen molar-refractivity contribution >= 4 is 11.7 Å². The summed E-state index contributed by atoms with van der Waals surface area (Å²) in [4.78, 5) is 10.8. The third-order valence-electron chi connectivity index (χ3n) is 3.09. The van der Waals surface area contributed by atoms with E-state index in [2.05, 4.69) is 5.32 Å². The van der Waals surface area contributed by atoms with E-state index in [1.54, 1.807) is 13.8 Å². The van der Waals surface area contributed by atoms with Crippen LogP contribution in [0.25, 0.3) is 0 Å². The zero-order valence-electron chi connectivity index (χ0n) is 10.9. The van der Waals surface area contributed by atoms with Gasteiger partial charge in [0.25, 0.3) is 0 Å². The molecule has 6 heteroatoms. The van der Waals surface area contributed by atoms with Crippen molar-refractivity contribution in [3.05, 3.63) is 29.3 Å². The molecule has 0 heterocycles. The highest BCUT2D eigenvalue weighted by molar-refractivity contribution is 5.71. The summed E-state index contributed by atoms with van der Waals surface area (Å²) >= 11 is 0. The van der Waals surface area contributed by atoms with Crippen LogP contribution in [0.3, 0.4) is 0 Å². The van der Waals surface area contributed by atoms with Gasteiger partial charge in [0.1, 0.15) is 0 Å². The molecule has 106 valence electrons. The maximum atomic E-state index is 12.6.